The largest absolute Gasteiger partial charge is 0.323 e. The molecule has 15 heavy (non-hydrogen) atoms. The topological polar surface area (TPSA) is 60.2 Å². The van der Waals surface area contributed by atoms with Crippen molar-refractivity contribution < 1.29 is 17.2 Å². The Kier molecular flexibility index (Phi) is 3.40. The fourth-order valence-electron chi connectivity index (χ4n) is 2.00. The maximum Gasteiger partial charge on any atom is 0.253 e. The average molecular weight is 241 g/mol. The van der Waals surface area contributed by atoms with E-state index < -0.39 is 27.1 Å². The van der Waals surface area contributed by atoms with Crippen LogP contribution in [0.2, 0.25) is 0 Å². The highest BCUT2D eigenvalue weighted by molar-refractivity contribution is 7.93. The van der Waals surface area contributed by atoms with E-state index in [-0.39, 0.29) is 18.1 Å². The van der Waals surface area contributed by atoms with Crippen LogP contribution in [-0.2, 0) is 9.84 Å². The molecule has 1 heterocycles. The van der Waals surface area contributed by atoms with E-state index in [0.717, 1.165) is 0 Å². The summed E-state index contributed by atoms with van der Waals surface area (Å²) >= 11 is 0. The van der Waals surface area contributed by atoms with Crippen molar-refractivity contribution in [3.8, 4) is 0 Å². The van der Waals surface area contributed by atoms with Gasteiger partial charge in [-0.1, -0.05) is 0 Å². The molecule has 0 bridgehead atoms. The number of alkyl halides is 2. The smallest absolute Gasteiger partial charge is 0.253 e. The van der Waals surface area contributed by atoms with Gasteiger partial charge >= 0.3 is 0 Å². The minimum atomic E-state index is -3.15. The van der Waals surface area contributed by atoms with Gasteiger partial charge in [-0.2, -0.15) is 0 Å². The Hall–Kier alpha value is -0.230. The lowest BCUT2D eigenvalue weighted by molar-refractivity contribution is 0.101. The summed E-state index contributed by atoms with van der Waals surface area (Å²) in [7, 11) is -3.15. The molecule has 1 aliphatic rings. The number of hydrogen-bond acceptors (Lipinski definition) is 3. The molecule has 0 aliphatic carbocycles. The molecule has 1 fully saturated rings. The Balaban J connectivity index is 2.75. The molecule has 2 unspecified atom stereocenters. The molecule has 0 amide bonds. The minimum Gasteiger partial charge on any atom is -0.323 e. The summed E-state index contributed by atoms with van der Waals surface area (Å²) in [6.07, 6.45) is -2.07. The maximum atomic E-state index is 12.3. The van der Waals surface area contributed by atoms with Gasteiger partial charge in [-0.05, 0) is 32.6 Å². The molecule has 0 saturated carbocycles. The summed E-state index contributed by atoms with van der Waals surface area (Å²) in [6.45, 7) is 3.19. The third kappa shape index (κ3) is 2.30. The summed E-state index contributed by atoms with van der Waals surface area (Å²) in [4.78, 5) is 0. The minimum absolute atomic E-state index is 0.0733. The second kappa shape index (κ2) is 3.97. The van der Waals surface area contributed by atoms with Gasteiger partial charge < -0.3 is 5.73 Å². The predicted octanol–water partition coefficient (Wildman–Crippen LogP) is 1.18. The molecular weight excluding hydrogens is 224 g/mol. The third-order valence-corrected chi connectivity index (χ3v) is 6.11. The molecule has 90 valence electrons. The SMILES string of the molecule is CC1(C)C(CC(N)C(F)F)CCS1(=O)=O. The number of halogens is 2. The Morgan fingerprint density at radius 1 is 1.47 bits per heavy atom. The Morgan fingerprint density at radius 2 is 2.00 bits per heavy atom. The van der Waals surface area contributed by atoms with Crippen LogP contribution in [0.5, 0.6) is 0 Å². The lowest BCUT2D eigenvalue weighted by Gasteiger charge is -2.27. The normalized spacial score (nSPS) is 30.7. The molecule has 1 aliphatic heterocycles. The van der Waals surface area contributed by atoms with E-state index in [1.807, 2.05) is 0 Å². The fourth-order valence-corrected chi connectivity index (χ4v) is 3.84. The van der Waals surface area contributed by atoms with Crippen molar-refractivity contribution in [1.82, 2.24) is 0 Å². The van der Waals surface area contributed by atoms with Crippen molar-refractivity contribution in [2.75, 3.05) is 5.75 Å². The van der Waals surface area contributed by atoms with E-state index in [1.165, 1.54) is 0 Å². The first-order chi connectivity index (χ1) is 6.68. The van der Waals surface area contributed by atoms with Crippen molar-refractivity contribution in [3.05, 3.63) is 0 Å². The van der Waals surface area contributed by atoms with Gasteiger partial charge in [0, 0.05) is 0 Å². The first kappa shape index (κ1) is 12.8. The first-order valence-electron chi connectivity index (χ1n) is 4.94. The van der Waals surface area contributed by atoms with Gasteiger partial charge in [0.05, 0.1) is 16.5 Å². The third-order valence-electron chi connectivity index (χ3n) is 3.40. The summed E-state index contributed by atoms with van der Waals surface area (Å²) in [5, 5.41) is 0. The number of sulfone groups is 1. The van der Waals surface area contributed by atoms with Gasteiger partial charge in [0.2, 0.25) is 0 Å². The van der Waals surface area contributed by atoms with Crippen LogP contribution in [0.15, 0.2) is 0 Å². The van der Waals surface area contributed by atoms with E-state index in [9.17, 15) is 17.2 Å². The molecule has 3 nitrogen and oxygen atoms in total. The molecule has 6 heteroatoms. The predicted molar refractivity (Wildman–Crippen MR) is 54.6 cm³/mol. The molecule has 0 radical (unpaired) electrons. The van der Waals surface area contributed by atoms with Crippen LogP contribution >= 0.6 is 0 Å². The highest BCUT2D eigenvalue weighted by atomic mass is 32.2. The van der Waals surface area contributed by atoms with Crippen LogP contribution in [0.3, 0.4) is 0 Å². The van der Waals surface area contributed by atoms with E-state index in [2.05, 4.69) is 0 Å². The van der Waals surface area contributed by atoms with Crippen LogP contribution < -0.4 is 5.73 Å². The molecule has 2 N–H and O–H groups in total. The fraction of sp³-hybridized carbons (Fsp3) is 1.00. The summed E-state index contributed by atoms with van der Waals surface area (Å²) < 4.78 is 46.8. The van der Waals surface area contributed by atoms with Crippen molar-refractivity contribution in [1.29, 1.82) is 0 Å². The van der Waals surface area contributed by atoms with Crippen molar-refractivity contribution >= 4 is 9.84 Å². The summed E-state index contributed by atoms with van der Waals surface area (Å²) in [5.74, 6) is -0.174. The van der Waals surface area contributed by atoms with Crippen molar-refractivity contribution in [3.63, 3.8) is 0 Å². The van der Waals surface area contributed by atoms with Crippen LogP contribution in [-0.4, -0.2) is 31.4 Å². The van der Waals surface area contributed by atoms with E-state index in [1.54, 1.807) is 13.8 Å². The highest BCUT2D eigenvalue weighted by Gasteiger charge is 2.48. The van der Waals surface area contributed by atoms with Crippen LogP contribution in [0.1, 0.15) is 26.7 Å². The number of hydrogen-bond donors (Lipinski definition) is 1. The molecule has 0 aromatic carbocycles. The summed E-state index contributed by atoms with van der Waals surface area (Å²) in [5.41, 5.74) is 5.26. The Bertz CT molecular complexity index is 327. The standard InChI is InChI=1S/C9H17F2NO2S/c1-9(2)6(3-4-15(9,13)14)5-7(12)8(10)11/h6-8H,3-5,12H2,1-2H3. The molecular formula is C9H17F2NO2S. The monoisotopic (exact) mass is 241 g/mol. The van der Waals surface area contributed by atoms with E-state index in [4.69, 9.17) is 5.73 Å². The van der Waals surface area contributed by atoms with Crippen LogP contribution in [0.4, 0.5) is 8.78 Å². The Labute approximate surface area is 88.9 Å². The maximum absolute atomic E-state index is 12.3. The quantitative estimate of drug-likeness (QED) is 0.807. The van der Waals surface area contributed by atoms with Crippen LogP contribution in [0.25, 0.3) is 0 Å². The van der Waals surface area contributed by atoms with Gasteiger partial charge in [-0.15, -0.1) is 0 Å². The molecule has 2 atom stereocenters. The zero-order valence-electron chi connectivity index (χ0n) is 8.91. The lowest BCUT2D eigenvalue weighted by Crippen LogP contribution is -2.39. The lowest BCUT2D eigenvalue weighted by atomic mass is 9.87. The van der Waals surface area contributed by atoms with Gasteiger partial charge in [0.1, 0.15) is 0 Å². The number of rotatable bonds is 3. The second-order valence-electron chi connectivity index (χ2n) is 4.64. The zero-order valence-corrected chi connectivity index (χ0v) is 9.73. The Morgan fingerprint density at radius 3 is 2.33 bits per heavy atom. The molecule has 1 saturated heterocycles. The second-order valence-corrected chi connectivity index (χ2v) is 7.33. The summed E-state index contributed by atoms with van der Waals surface area (Å²) in [6, 6.07) is -1.22. The van der Waals surface area contributed by atoms with Gasteiger partial charge in [0.25, 0.3) is 6.43 Å². The van der Waals surface area contributed by atoms with E-state index in [0.29, 0.717) is 6.42 Å². The van der Waals surface area contributed by atoms with E-state index >= 15 is 0 Å². The first-order valence-corrected chi connectivity index (χ1v) is 6.59. The average Bonchev–Trinajstić information content (AvgIpc) is 2.27. The van der Waals surface area contributed by atoms with Crippen LogP contribution in [0, 0.1) is 5.92 Å². The highest BCUT2D eigenvalue weighted by Crippen LogP contribution is 2.39. The molecule has 0 aromatic rings. The number of nitrogens with two attached hydrogens (primary N) is 1. The molecule has 0 aromatic heterocycles. The molecule has 0 spiro atoms. The molecule has 1 rings (SSSR count). The van der Waals surface area contributed by atoms with Gasteiger partial charge in [0.15, 0.2) is 9.84 Å². The van der Waals surface area contributed by atoms with Crippen molar-refractivity contribution in [2.45, 2.75) is 43.9 Å². The van der Waals surface area contributed by atoms with Gasteiger partial charge in [-0.25, -0.2) is 17.2 Å². The zero-order chi connectivity index (χ0) is 11.9. The van der Waals surface area contributed by atoms with Gasteiger partial charge in [-0.3, -0.25) is 0 Å². The van der Waals surface area contributed by atoms with Crippen molar-refractivity contribution in [2.24, 2.45) is 11.7 Å².